The first-order chi connectivity index (χ1) is 16.2. The summed E-state index contributed by atoms with van der Waals surface area (Å²) in [6.07, 6.45) is 2.74. The summed E-state index contributed by atoms with van der Waals surface area (Å²) in [6, 6.07) is 17.9. The molecule has 0 radical (unpaired) electrons. The summed E-state index contributed by atoms with van der Waals surface area (Å²) in [7, 11) is 0. The molecule has 2 aromatic carbocycles. The zero-order chi connectivity index (χ0) is 23.9. The Morgan fingerprint density at radius 3 is 2.35 bits per heavy atom. The fourth-order valence-electron chi connectivity index (χ4n) is 4.05. The van der Waals surface area contributed by atoms with Gasteiger partial charge in [-0.2, -0.15) is 13.2 Å². The zero-order valence-electron chi connectivity index (χ0n) is 17.7. The lowest BCUT2D eigenvalue weighted by Crippen LogP contribution is -2.36. The number of hydrogen-bond acceptors (Lipinski definition) is 5. The molecular formula is C24H19F3N4O2S. The molecule has 5 rings (SSSR count). The molecule has 3 amide bonds. The van der Waals surface area contributed by atoms with Crippen LogP contribution in [-0.2, 0) is 11.3 Å². The number of para-hydroxylation sites is 1. The van der Waals surface area contributed by atoms with Crippen LogP contribution in [0.2, 0.25) is 0 Å². The van der Waals surface area contributed by atoms with Gasteiger partial charge in [0.1, 0.15) is 11.4 Å². The smallest absolute Gasteiger partial charge is 0.340 e. The van der Waals surface area contributed by atoms with Crippen molar-refractivity contribution in [1.82, 2.24) is 9.88 Å². The number of pyridine rings is 1. The van der Waals surface area contributed by atoms with Crippen LogP contribution in [0.25, 0.3) is 0 Å². The number of hydrogen-bond donors (Lipinski definition) is 1. The molecule has 174 valence electrons. The Labute approximate surface area is 197 Å². The van der Waals surface area contributed by atoms with Gasteiger partial charge in [-0.1, -0.05) is 18.2 Å². The second-order valence-corrected chi connectivity index (χ2v) is 9.26. The molecule has 1 aliphatic heterocycles. The minimum absolute atomic E-state index is 0.0106. The van der Waals surface area contributed by atoms with Crippen molar-refractivity contribution in [2.75, 3.05) is 10.2 Å². The second-order valence-electron chi connectivity index (χ2n) is 8.12. The number of alkyl halides is 3. The number of rotatable bonds is 6. The number of halogens is 3. The Morgan fingerprint density at radius 1 is 1.00 bits per heavy atom. The maximum Gasteiger partial charge on any atom is 0.446 e. The molecule has 1 aliphatic carbocycles. The van der Waals surface area contributed by atoms with E-state index in [1.165, 1.54) is 24.3 Å². The summed E-state index contributed by atoms with van der Waals surface area (Å²) in [6.45, 7) is 0.217. The van der Waals surface area contributed by atoms with Crippen LogP contribution < -0.4 is 10.2 Å². The van der Waals surface area contributed by atoms with E-state index in [-0.39, 0.29) is 34.8 Å². The van der Waals surface area contributed by atoms with Crippen molar-refractivity contribution < 1.29 is 22.8 Å². The van der Waals surface area contributed by atoms with Crippen molar-refractivity contribution in [3.63, 3.8) is 0 Å². The van der Waals surface area contributed by atoms with Crippen molar-refractivity contribution in [1.29, 1.82) is 0 Å². The number of anilines is 3. The van der Waals surface area contributed by atoms with E-state index in [0.29, 0.717) is 18.7 Å². The maximum absolute atomic E-state index is 13.3. The van der Waals surface area contributed by atoms with Gasteiger partial charge >= 0.3 is 11.5 Å². The first-order valence-corrected chi connectivity index (χ1v) is 11.4. The Balaban J connectivity index is 1.35. The highest BCUT2D eigenvalue weighted by atomic mass is 32.2. The number of carbonyl (C=O) groups is 2. The van der Waals surface area contributed by atoms with Gasteiger partial charge in [0.15, 0.2) is 0 Å². The molecule has 1 saturated carbocycles. The first-order valence-electron chi connectivity index (χ1n) is 10.5. The number of aromatic nitrogens is 1. The topological polar surface area (TPSA) is 65.5 Å². The fraction of sp³-hybridized carbons (Fsp3) is 0.208. The number of nitrogens with one attached hydrogen (secondary N) is 1. The summed E-state index contributed by atoms with van der Waals surface area (Å²) in [5.74, 6) is 0.270. The molecule has 2 aliphatic rings. The van der Waals surface area contributed by atoms with Crippen molar-refractivity contribution >= 4 is 40.9 Å². The summed E-state index contributed by atoms with van der Waals surface area (Å²) in [4.78, 5) is 33.4. The van der Waals surface area contributed by atoms with Gasteiger partial charge < -0.3 is 10.2 Å². The van der Waals surface area contributed by atoms with E-state index in [9.17, 15) is 22.8 Å². The van der Waals surface area contributed by atoms with Gasteiger partial charge in [0.2, 0.25) is 0 Å². The first kappa shape index (κ1) is 22.3. The number of nitrogens with zero attached hydrogens (tertiary/aromatic N) is 3. The molecule has 6 nitrogen and oxygen atoms in total. The zero-order valence-corrected chi connectivity index (χ0v) is 18.6. The van der Waals surface area contributed by atoms with Gasteiger partial charge in [0.05, 0.1) is 5.69 Å². The monoisotopic (exact) mass is 484 g/mol. The number of urea groups is 1. The van der Waals surface area contributed by atoms with Gasteiger partial charge in [-0.05, 0) is 78.7 Å². The Bertz CT molecular complexity index is 1230. The van der Waals surface area contributed by atoms with E-state index < -0.39 is 17.1 Å². The average molecular weight is 485 g/mol. The van der Waals surface area contributed by atoms with E-state index in [1.54, 1.807) is 17.2 Å². The largest absolute Gasteiger partial charge is 0.446 e. The van der Waals surface area contributed by atoms with E-state index in [1.807, 2.05) is 36.4 Å². The minimum atomic E-state index is -4.41. The minimum Gasteiger partial charge on any atom is -0.340 e. The van der Waals surface area contributed by atoms with Gasteiger partial charge in [-0.25, -0.2) is 14.7 Å². The van der Waals surface area contributed by atoms with E-state index in [0.717, 1.165) is 16.2 Å². The molecule has 0 atom stereocenters. The third-order valence-corrected chi connectivity index (χ3v) is 6.54. The van der Waals surface area contributed by atoms with Gasteiger partial charge in [0.25, 0.3) is 5.91 Å². The SMILES string of the molecule is O=C1N(c2ccc(SC(F)(F)F)cc2)C(=O)C2(CC2)N1Cc1ccnc(Nc2ccccc2)c1. The predicted octanol–water partition coefficient (Wildman–Crippen LogP) is 5.94. The molecule has 1 N–H and O–H groups in total. The number of amides is 3. The van der Waals surface area contributed by atoms with Crippen molar-refractivity contribution in [2.24, 2.45) is 0 Å². The highest BCUT2D eigenvalue weighted by Gasteiger charge is 2.65. The Kier molecular flexibility index (Phi) is 5.47. The lowest BCUT2D eigenvalue weighted by molar-refractivity contribution is -0.120. The molecule has 34 heavy (non-hydrogen) atoms. The summed E-state index contributed by atoms with van der Waals surface area (Å²) in [5.41, 5.74) is -3.37. The normalized spacial score (nSPS) is 16.9. The Hall–Kier alpha value is -3.53. The van der Waals surface area contributed by atoms with Crippen LogP contribution in [0.3, 0.4) is 0 Å². The van der Waals surface area contributed by atoms with Crippen LogP contribution in [-0.4, -0.2) is 32.9 Å². The molecule has 0 unspecified atom stereocenters. The van der Waals surface area contributed by atoms with E-state index in [2.05, 4.69) is 10.3 Å². The van der Waals surface area contributed by atoms with Gasteiger partial charge in [-0.15, -0.1) is 0 Å². The predicted molar refractivity (Wildman–Crippen MR) is 123 cm³/mol. The average Bonchev–Trinajstić information content (AvgIpc) is 3.57. The second kappa shape index (κ2) is 8.35. The Morgan fingerprint density at radius 2 is 1.71 bits per heavy atom. The lowest BCUT2D eigenvalue weighted by Gasteiger charge is -2.21. The van der Waals surface area contributed by atoms with Crippen molar-refractivity contribution in [2.45, 2.75) is 35.3 Å². The molecule has 1 aromatic heterocycles. The third kappa shape index (κ3) is 4.33. The van der Waals surface area contributed by atoms with Gasteiger partial charge in [-0.3, -0.25) is 4.79 Å². The van der Waals surface area contributed by atoms with Crippen LogP contribution in [0.1, 0.15) is 18.4 Å². The van der Waals surface area contributed by atoms with E-state index >= 15 is 0 Å². The standard InChI is InChI=1S/C24H19F3N4O2S/c25-24(26,27)34-19-8-6-18(7-9-19)31-21(32)23(11-12-23)30(22(31)33)15-16-10-13-28-20(14-16)29-17-4-2-1-3-5-17/h1-10,13-14H,11-12,15H2,(H,28,29). The molecule has 10 heteroatoms. The van der Waals surface area contributed by atoms with Crippen LogP contribution in [0.5, 0.6) is 0 Å². The number of carbonyl (C=O) groups excluding carboxylic acids is 2. The highest BCUT2D eigenvalue weighted by Crippen LogP contribution is 2.50. The molecule has 0 bridgehead atoms. The lowest BCUT2D eigenvalue weighted by atomic mass is 10.2. The van der Waals surface area contributed by atoms with Crippen molar-refractivity contribution in [3.8, 4) is 0 Å². The molecular weight excluding hydrogens is 465 g/mol. The fourth-order valence-corrected chi connectivity index (χ4v) is 4.59. The third-order valence-electron chi connectivity index (χ3n) is 5.80. The van der Waals surface area contributed by atoms with Crippen LogP contribution >= 0.6 is 11.8 Å². The highest BCUT2D eigenvalue weighted by molar-refractivity contribution is 8.00. The molecule has 1 saturated heterocycles. The van der Waals surface area contributed by atoms with Crippen LogP contribution in [0.4, 0.5) is 35.2 Å². The van der Waals surface area contributed by atoms with Crippen LogP contribution in [0.15, 0.2) is 77.8 Å². The quantitative estimate of drug-likeness (QED) is 0.347. The van der Waals surface area contributed by atoms with Gasteiger partial charge in [0, 0.05) is 23.3 Å². The number of benzene rings is 2. The molecule has 2 heterocycles. The number of thioether (sulfide) groups is 1. The van der Waals surface area contributed by atoms with Crippen LogP contribution in [0, 0.1) is 0 Å². The maximum atomic E-state index is 13.3. The summed E-state index contributed by atoms with van der Waals surface area (Å²) < 4.78 is 37.8. The van der Waals surface area contributed by atoms with E-state index in [4.69, 9.17) is 0 Å². The molecule has 2 fully saturated rings. The molecule has 1 spiro atoms. The number of imide groups is 1. The summed E-state index contributed by atoms with van der Waals surface area (Å²) in [5, 5.41) is 3.21. The summed E-state index contributed by atoms with van der Waals surface area (Å²) >= 11 is -0.241. The van der Waals surface area contributed by atoms with Crippen molar-refractivity contribution in [3.05, 3.63) is 78.5 Å². The molecule has 3 aromatic rings.